The fourth-order valence-corrected chi connectivity index (χ4v) is 6.22. The lowest BCUT2D eigenvalue weighted by Gasteiger charge is -2.55. The molecule has 0 unspecified atom stereocenters. The lowest BCUT2D eigenvalue weighted by Crippen LogP contribution is -2.60. The smallest absolute Gasteiger partial charge is 0.261 e. The Kier molecular flexibility index (Phi) is 7.04. The van der Waals surface area contributed by atoms with E-state index in [2.05, 4.69) is 21.5 Å². The van der Waals surface area contributed by atoms with E-state index in [4.69, 9.17) is 17.0 Å². The number of rotatable bonds is 7. The van der Waals surface area contributed by atoms with Crippen molar-refractivity contribution >= 4 is 29.1 Å². The van der Waals surface area contributed by atoms with Crippen LogP contribution in [-0.4, -0.2) is 42.7 Å². The second-order valence-corrected chi connectivity index (χ2v) is 10.2. The van der Waals surface area contributed by atoms with Gasteiger partial charge in [0, 0.05) is 18.6 Å². The molecule has 4 fully saturated rings. The maximum Gasteiger partial charge on any atom is 0.261 e. The molecule has 8 heteroatoms. The number of hydrogen-bond acceptors (Lipinski definition) is 4. The van der Waals surface area contributed by atoms with E-state index in [0.717, 1.165) is 19.3 Å². The summed E-state index contributed by atoms with van der Waals surface area (Å²) in [7, 11) is 1.62. The van der Waals surface area contributed by atoms with Crippen LogP contribution in [0.15, 0.2) is 0 Å². The molecule has 4 aliphatic rings. The molecular weight excluding hydrogens is 388 g/mol. The van der Waals surface area contributed by atoms with Gasteiger partial charge in [0.1, 0.15) is 6.04 Å². The average Bonchev–Trinajstić information content (AvgIpc) is 2.62. The van der Waals surface area contributed by atoms with Crippen molar-refractivity contribution in [3.8, 4) is 0 Å². The quantitative estimate of drug-likeness (QED) is 0.368. The molecule has 0 aromatic carbocycles. The molecule has 2 atom stereocenters. The molecular formula is C21H36N4O3S. The molecule has 0 radical (unpaired) electrons. The highest BCUT2D eigenvalue weighted by molar-refractivity contribution is 7.80. The number of hydrazine groups is 1. The summed E-state index contributed by atoms with van der Waals surface area (Å²) in [4.78, 5) is 26.1. The van der Waals surface area contributed by atoms with Gasteiger partial charge in [0.05, 0.1) is 6.61 Å². The van der Waals surface area contributed by atoms with Gasteiger partial charge in [-0.2, -0.15) is 0 Å². The summed E-state index contributed by atoms with van der Waals surface area (Å²) in [5, 5.41) is 6.43. The highest BCUT2D eigenvalue weighted by atomic mass is 32.1. The van der Waals surface area contributed by atoms with E-state index in [1.165, 1.54) is 19.3 Å². The number of hydrogen-bond donors (Lipinski definition) is 4. The summed E-state index contributed by atoms with van der Waals surface area (Å²) in [5.74, 6) is 1.85. The van der Waals surface area contributed by atoms with Gasteiger partial charge in [-0.3, -0.25) is 20.4 Å². The number of carbonyl (C=O) groups is 2. The third kappa shape index (κ3) is 5.20. The van der Waals surface area contributed by atoms with E-state index in [-0.39, 0.29) is 29.2 Å². The van der Waals surface area contributed by atoms with Crippen molar-refractivity contribution in [2.24, 2.45) is 29.1 Å². The zero-order valence-corrected chi connectivity index (χ0v) is 18.9. The molecule has 4 saturated carbocycles. The van der Waals surface area contributed by atoms with Gasteiger partial charge in [0.2, 0.25) is 5.91 Å². The monoisotopic (exact) mass is 424 g/mol. The fraction of sp³-hybridized carbons (Fsp3) is 0.857. The zero-order chi connectivity index (χ0) is 21.2. The molecule has 2 amide bonds. The van der Waals surface area contributed by atoms with Crippen molar-refractivity contribution in [2.75, 3.05) is 13.7 Å². The van der Waals surface area contributed by atoms with E-state index >= 15 is 0 Å². The summed E-state index contributed by atoms with van der Waals surface area (Å²) in [6, 6.07) is -0.573. The molecule has 4 rings (SSSR count). The number of carbonyl (C=O) groups excluding carboxylic acids is 2. The Morgan fingerprint density at radius 3 is 2.03 bits per heavy atom. The standard InChI is InChI=1S/C21H36N4O3S/c1-12(2)17(18(26)24-25-20(29)22-13(3)11-28-4)23-19(27)21-8-14-5-15(9-21)7-16(6-14)10-21/h12-17H,5-11H2,1-4H3,(H,23,27)(H,24,26)(H2,22,25,29)/t13-,14?,15?,16?,17-,21?/m0/s1. The fourth-order valence-electron chi connectivity index (χ4n) is 5.97. The summed E-state index contributed by atoms with van der Waals surface area (Å²) in [5.41, 5.74) is 5.11. The summed E-state index contributed by atoms with van der Waals surface area (Å²) in [6.45, 7) is 6.33. The van der Waals surface area contributed by atoms with Crippen molar-refractivity contribution in [1.82, 2.24) is 21.5 Å². The van der Waals surface area contributed by atoms with Crippen molar-refractivity contribution in [3.63, 3.8) is 0 Å². The van der Waals surface area contributed by atoms with Crippen LogP contribution in [0.4, 0.5) is 0 Å². The Morgan fingerprint density at radius 1 is 1.00 bits per heavy atom. The number of amides is 2. The Labute approximate surface area is 179 Å². The molecule has 7 nitrogen and oxygen atoms in total. The van der Waals surface area contributed by atoms with Gasteiger partial charge in [-0.05, 0) is 81.3 Å². The van der Waals surface area contributed by atoms with Gasteiger partial charge in [-0.15, -0.1) is 0 Å². The van der Waals surface area contributed by atoms with Crippen LogP contribution in [0.2, 0.25) is 0 Å². The molecule has 4 N–H and O–H groups in total. The Bertz CT molecular complexity index is 604. The van der Waals surface area contributed by atoms with Crippen molar-refractivity contribution in [2.45, 2.75) is 71.4 Å². The lowest BCUT2D eigenvalue weighted by atomic mass is 9.49. The van der Waals surface area contributed by atoms with Crippen LogP contribution in [0.3, 0.4) is 0 Å². The molecule has 0 saturated heterocycles. The topological polar surface area (TPSA) is 91.5 Å². The number of ether oxygens (including phenoxy) is 1. The minimum atomic E-state index is -0.595. The first kappa shape index (κ1) is 22.3. The van der Waals surface area contributed by atoms with E-state index in [9.17, 15) is 9.59 Å². The second-order valence-electron chi connectivity index (χ2n) is 9.84. The van der Waals surface area contributed by atoms with Crippen LogP contribution in [0, 0.1) is 29.1 Å². The van der Waals surface area contributed by atoms with Crippen LogP contribution in [0.5, 0.6) is 0 Å². The normalized spacial score (nSPS) is 31.8. The second kappa shape index (κ2) is 9.16. The van der Waals surface area contributed by atoms with Gasteiger partial charge in [-0.25, -0.2) is 0 Å². The van der Waals surface area contributed by atoms with Crippen LogP contribution in [0.1, 0.15) is 59.3 Å². The first-order valence-corrected chi connectivity index (χ1v) is 11.3. The number of nitrogens with one attached hydrogen (secondary N) is 4. The van der Waals surface area contributed by atoms with E-state index < -0.39 is 6.04 Å². The van der Waals surface area contributed by atoms with E-state index in [1.54, 1.807) is 7.11 Å². The minimum Gasteiger partial charge on any atom is -0.383 e. The lowest BCUT2D eigenvalue weighted by molar-refractivity contribution is -0.149. The van der Waals surface area contributed by atoms with Crippen molar-refractivity contribution < 1.29 is 14.3 Å². The third-order valence-electron chi connectivity index (χ3n) is 6.85. The third-order valence-corrected chi connectivity index (χ3v) is 7.07. The minimum absolute atomic E-state index is 0.0218. The highest BCUT2D eigenvalue weighted by Crippen LogP contribution is 2.60. The van der Waals surface area contributed by atoms with Crippen LogP contribution in [-0.2, 0) is 14.3 Å². The SMILES string of the molecule is COC[C@H](C)NC(=S)NNC(=O)[C@@H](NC(=O)C12CC3CC(CC(C3)C1)C2)C(C)C. The van der Waals surface area contributed by atoms with Crippen LogP contribution in [0.25, 0.3) is 0 Å². The van der Waals surface area contributed by atoms with Gasteiger partial charge < -0.3 is 15.4 Å². The van der Waals surface area contributed by atoms with Crippen LogP contribution < -0.4 is 21.5 Å². The van der Waals surface area contributed by atoms with Crippen molar-refractivity contribution in [1.29, 1.82) is 0 Å². The number of methoxy groups -OCH3 is 1. The molecule has 0 heterocycles. The maximum atomic E-state index is 13.3. The van der Waals surface area contributed by atoms with Crippen LogP contribution >= 0.6 is 12.2 Å². The molecule has 0 aromatic heterocycles. The van der Waals surface area contributed by atoms with Gasteiger partial charge >= 0.3 is 0 Å². The highest BCUT2D eigenvalue weighted by Gasteiger charge is 2.55. The Morgan fingerprint density at radius 2 is 1.55 bits per heavy atom. The molecule has 0 aromatic rings. The molecule has 29 heavy (non-hydrogen) atoms. The van der Waals surface area contributed by atoms with Gasteiger partial charge in [0.25, 0.3) is 5.91 Å². The zero-order valence-electron chi connectivity index (χ0n) is 18.0. The van der Waals surface area contributed by atoms with E-state index in [1.807, 2.05) is 20.8 Å². The predicted molar refractivity (Wildman–Crippen MR) is 116 cm³/mol. The molecule has 0 aliphatic heterocycles. The van der Waals surface area contributed by atoms with Gasteiger partial charge in [-0.1, -0.05) is 13.8 Å². The first-order chi connectivity index (χ1) is 13.7. The van der Waals surface area contributed by atoms with Gasteiger partial charge in [0.15, 0.2) is 5.11 Å². The summed E-state index contributed by atoms with van der Waals surface area (Å²) < 4.78 is 5.06. The van der Waals surface area contributed by atoms with Crippen molar-refractivity contribution in [3.05, 3.63) is 0 Å². The summed E-state index contributed by atoms with van der Waals surface area (Å²) >= 11 is 5.20. The van der Waals surface area contributed by atoms with E-state index in [0.29, 0.717) is 29.5 Å². The maximum absolute atomic E-state index is 13.3. The number of thiocarbonyl (C=S) groups is 1. The molecule has 164 valence electrons. The predicted octanol–water partition coefficient (Wildman–Crippen LogP) is 1.87. The molecule has 4 bridgehead atoms. The summed E-state index contributed by atoms with van der Waals surface area (Å²) in [6.07, 6.45) is 6.83. The average molecular weight is 425 g/mol. The largest absolute Gasteiger partial charge is 0.383 e. The Hall–Kier alpha value is -1.41. The molecule has 0 spiro atoms. The first-order valence-electron chi connectivity index (χ1n) is 10.9. The Balaban J connectivity index is 1.55. The molecule has 4 aliphatic carbocycles.